The number of thiophene rings is 1. The number of para-hydroxylation sites is 1. The first kappa shape index (κ1) is 12.6. The second-order valence-electron chi connectivity index (χ2n) is 3.36. The van der Waals surface area contributed by atoms with Gasteiger partial charge in [0, 0.05) is 11.5 Å². The lowest BCUT2D eigenvalue weighted by atomic mass is 10.3. The van der Waals surface area contributed by atoms with Crippen LogP contribution < -0.4 is 4.31 Å². The molecule has 0 radical (unpaired) electrons. The summed E-state index contributed by atoms with van der Waals surface area (Å²) in [5.74, 6) is 0. The van der Waals surface area contributed by atoms with Crippen molar-refractivity contribution in [2.75, 3.05) is 11.4 Å². The Hall–Kier alpha value is -0.850. The van der Waals surface area contributed by atoms with Gasteiger partial charge in [0.25, 0.3) is 10.0 Å². The summed E-state index contributed by atoms with van der Waals surface area (Å²) in [5.41, 5.74) is 0.646. The largest absolute Gasteiger partial charge is 0.274 e. The van der Waals surface area contributed by atoms with Gasteiger partial charge in [0.1, 0.15) is 0 Å². The van der Waals surface area contributed by atoms with Crippen molar-refractivity contribution >= 4 is 43.0 Å². The van der Waals surface area contributed by atoms with E-state index in [0.717, 1.165) is 0 Å². The van der Waals surface area contributed by atoms with Crippen molar-refractivity contribution < 1.29 is 8.42 Å². The monoisotopic (exact) mass is 331 g/mol. The van der Waals surface area contributed by atoms with E-state index in [0.29, 0.717) is 14.4 Å². The van der Waals surface area contributed by atoms with Gasteiger partial charge in [-0.2, -0.15) is 0 Å². The van der Waals surface area contributed by atoms with Crippen LogP contribution in [0.1, 0.15) is 0 Å². The summed E-state index contributed by atoms with van der Waals surface area (Å²) in [4.78, 5) is 0. The second kappa shape index (κ2) is 4.80. The standard InChI is InChI=1S/C11H10BrNO2S2/c1-13(9-5-3-2-4-6-9)17(14,15)11-10(12)7-8-16-11/h2-8H,1H3. The molecule has 0 unspecified atom stereocenters. The van der Waals surface area contributed by atoms with Crippen molar-refractivity contribution in [2.24, 2.45) is 0 Å². The van der Waals surface area contributed by atoms with E-state index >= 15 is 0 Å². The highest BCUT2D eigenvalue weighted by Crippen LogP contribution is 2.31. The third-order valence-electron chi connectivity index (χ3n) is 2.30. The predicted molar refractivity (Wildman–Crippen MR) is 74.0 cm³/mol. The third-order valence-corrected chi connectivity index (χ3v) is 6.73. The summed E-state index contributed by atoms with van der Waals surface area (Å²) in [6.07, 6.45) is 0. The fraction of sp³-hybridized carbons (Fsp3) is 0.0909. The van der Waals surface area contributed by atoms with Gasteiger partial charge in [-0.05, 0) is 39.5 Å². The molecule has 1 heterocycles. The molecule has 0 atom stereocenters. The van der Waals surface area contributed by atoms with E-state index in [1.165, 1.54) is 15.6 Å². The summed E-state index contributed by atoms with van der Waals surface area (Å²) >= 11 is 4.45. The Morgan fingerprint density at radius 1 is 1.18 bits per heavy atom. The first-order valence-electron chi connectivity index (χ1n) is 4.80. The predicted octanol–water partition coefficient (Wildman–Crippen LogP) is 3.34. The van der Waals surface area contributed by atoms with Gasteiger partial charge < -0.3 is 0 Å². The molecule has 1 aromatic heterocycles. The van der Waals surface area contributed by atoms with Crippen LogP contribution in [0, 0.1) is 0 Å². The van der Waals surface area contributed by atoms with Crippen molar-refractivity contribution in [3.63, 3.8) is 0 Å². The van der Waals surface area contributed by atoms with Gasteiger partial charge in [-0.25, -0.2) is 8.42 Å². The zero-order chi connectivity index (χ0) is 12.5. The van der Waals surface area contributed by atoms with Crippen LogP contribution in [0.15, 0.2) is 50.5 Å². The molecular formula is C11H10BrNO2S2. The van der Waals surface area contributed by atoms with E-state index in [2.05, 4.69) is 15.9 Å². The molecule has 17 heavy (non-hydrogen) atoms. The van der Waals surface area contributed by atoms with Gasteiger partial charge >= 0.3 is 0 Å². The molecular weight excluding hydrogens is 322 g/mol. The zero-order valence-corrected chi connectivity index (χ0v) is 12.2. The number of nitrogens with zero attached hydrogens (tertiary/aromatic N) is 1. The van der Waals surface area contributed by atoms with Crippen LogP contribution in [0.3, 0.4) is 0 Å². The molecule has 0 saturated heterocycles. The van der Waals surface area contributed by atoms with Gasteiger partial charge in [0.15, 0.2) is 4.21 Å². The molecule has 90 valence electrons. The molecule has 0 saturated carbocycles. The summed E-state index contributed by atoms with van der Waals surface area (Å²) in [6, 6.07) is 10.7. The lowest BCUT2D eigenvalue weighted by Gasteiger charge is -2.18. The van der Waals surface area contributed by atoms with Crippen LogP contribution in [0.25, 0.3) is 0 Å². The Labute approximate surface area is 113 Å². The molecule has 0 aliphatic heterocycles. The number of sulfonamides is 1. The molecule has 0 spiro atoms. The highest BCUT2D eigenvalue weighted by molar-refractivity contribution is 9.10. The molecule has 0 aliphatic rings. The van der Waals surface area contributed by atoms with Gasteiger partial charge in [-0.15, -0.1) is 11.3 Å². The minimum absolute atomic E-state index is 0.323. The quantitative estimate of drug-likeness (QED) is 0.865. The molecule has 2 rings (SSSR count). The van der Waals surface area contributed by atoms with Crippen molar-refractivity contribution in [3.8, 4) is 0 Å². The average Bonchev–Trinajstić information content (AvgIpc) is 2.76. The maximum atomic E-state index is 12.3. The maximum absolute atomic E-state index is 12.3. The Bertz CT molecular complexity index is 607. The smallest absolute Gasteiger partial charge is 0.269 e. The van der Waals surface area contributed by atoms with E-state index in [9.17, 15) is 8.42 Å². The van der Waals surface area contributed by atoms with E-state index in [-0.39, 0.29) is 0 Å². The fourth-order valence-corrected chi connectivity index (χ4v) is 5.03. The number of anilines is 1. The van der Waals surface area contributed by atoms with Gasteiger partial charge in [-0.3, -0.25) is 4.31 Å². The Morgan fingerprint density at radius 2 is 1.82 bits per heavy atom. The normalized spacial score (nSPS) is 11.4. The Balaban J connectivity index is 2.45. The lowest BCUT2D eigenvalue weighted by molar-refractivity contribution is 0.596. The van der Waals surface area contributed by atoms with E-state index in [1.54, 1.807) is 30.6 Å². The minimum Gasteiger partial charge on any atom is -0.269 e. The van der Waals surface area contributed by atoms with E-state index in [4.69, 9.17) is 0 Å². The first-order chi connectivity index (χ1) is 8.03. The number of hydrogen-bond acceptors (Lipinski definition) is 3. The lowest BCUT2D eigenvalue weighted by Crippen LogP contribution is -2.25. The second-order valence-corrected chi connectivity index (χ2v) is 7.30. The first-order valence-corrected chi connectivity index (χ1v) is 7.92. The molecule has 0 bridgehead atoms. The SMILES string of the molecule is CN(c1ccccc1)S(=O)(=O)c1sccc1Br. The highest BCUT2D eigenvalue weighted by Gasteiger charge is 2.24. The van der Waals surface area contributed by atoms with E-state index < -0.39 is 10.0 Å². The number of hydrogen-bond donors (Lipinski definition) is 0. The van der Waals surface area contributed by atoms with Gasteiger partial charge in [0.05, 0.1) is 5.69 Å². The fourth-order valence-electron chi connectivity index (χ4n) is 1.36. The molecule has 0 N–H and O–H groups in total. The third kappa shape index (κ3) is 2.38. The molecule has 0 aliphatic carbocycles. The molecule has 1 aromatic carbocycles. The van der Waals surface area contributed by atoms with Gasteiger partial charge in [0.2, 0.25) is 0 Å². The number of halogens is 1. The zero-order valence-electron chi connectivity index (χ0n) is 9.00. The van der Waals surface area contributed by atoms with Crippen LogP contribution >= 0.6 is 27.3 Å². The number of benzene rings is 1. The maximum Gasteiger partial charge on any atom is 0.274 e. The van der Waals surface area contributed by atoms with Crippen molar-refractivity contribution in [3.05, 3.63) is 46.3 Å². The Morgan fingerprint density at radius 3 is 2.35 bits per heavy atom. The summed E-state index contributed by atoms with van der Waals surface area (Å²) in [6.45, 7) is 0. The minimum atomic E-state index is -3.47. The topological polar surface area (TPSA) is 37.4 Å². The van der Waals surface area contributed by atoms with Crippen LogP contribution in [0.5, 0.6) is 0 Å². The van der Waals surface area contributed by atoms with Crippen molar-refractivity contribution in [1.29, 1.82) is 0 Å². The van der Waals surface area contributed by atoms with Crippen molar-refractivity contribution in [1.82, 2.24) is 0 Å². The summed E-state index contributed by atoms with van der Waals surface area (Å²) in [5, 5.41) is 1.75. The molecule has 0 fully saturated rings. The van der Waals surface area contributed by atoms with Crippen LogP contribution in [-0.4, -0.2) is 15.5 Å². The highest BCUT2D eigenvalue weighted by atomic mass is 79.9. The summed E-state index contributed by atoms with van der Waals surface area (Å²) in [7, 11) is -1.92. The van der Waals surface area contributed by atoms with Crippen molar-refractivity contribution in [2.45, 2.75) is 4.21 Å². The molecule has 0 amide bonds. The molecule has 2 aromatic rings. The number of rotatable bonds is 3. The van der Waals surface area contributed by atoms with Crippen LogP contribution in [0.2, 0.25) is 0 Å². The van der Waals surface area contributed by atoms with Crippen LogP contribution in [-0.2, 0) is 10.0 Å². The van der Waals surface area contributed by atoms with Gasteiger partial charge in [-0.1, -0.05) is 18.2 Å². The average molecular weight is 332 g/mol. The molecule has 6 heteroatoms. The Kier molecular flexibility index (Phi) is 3.56. The molecule has 3 nitrogen and oxygen atoms in total. The summed E-state index contributed by atoms with van der Waals surface area (Å²) < 4.78 is 26.8. The van der Waals surface area contributed by atoms with Crippen LogP contribution in [0.4, 0.5) is 5.69 Å². The van der Waals surface area contributed by atoms with E-state index in [1.807, 2.05) is 18.2 Å².